The highest BCUT2D eigenvalue weighted by Gasteiger charge is 2.28. The van der Waals surface area contributed by atoms with E-state index in [1.54, 1.807) is 68.9 Å². The van der Waals surface area contributed by atoms with Gasteiger partial charge in [-0.15, -0.1) is 0 Å². The van der Waals surface area contributed by atoms with Gasteiger partial charge in [0.2, 0.25) is 23.6 Å². The van der Waals surface area contributed by atoms with E-state index in [9.17, 15) is 19.2 Å². The summed E-state index contributed by atoms with van der Waals surface area (Å²) >= 11 is 0. The summed E-state index contributed by atoms with van der Waals surface area (Å²) in [5, 5.41) is 0. The lowest BCUT2D eigenvalue weighted by Crippen LogP contribution is -2.48. The largest absolute Gasteiger partial charge is 0.347 e. The molecule has 2 atom stereocenters. The van der Waals surface area contributed by atoms with E-state index in [1.807, 2.05) is 27.7 Å². The molecule has 0 bridgehead atoms. The molecule has 0 aliphatic heterocycles. The summed E-state index contributed by atoms with van der Waals surface area (Å²) in [5.74, 6) is -0.232. The fraction of sp³-hybridized carbons (Fsp3) is 0.680. The van der Waals surface area contributed by atoms with Crippen molar-refractivity contribution in [3.05, 3.63) is 24.3 Å². The van der Waals surface area contributed by atoms with E-state index in [4.69, 9.17) is 0 Å². The zero-order chi connectivity index (χ0) is 26.1. The van der Waals surface area contributed by atoms with Crippen molar-refractivity contribution >= 4 is 23.6 Å². The summed E-state index contributed by atoms with van der Waals surface area (Å²) in [5.41, 5.74) is 0. The van der Waals surface area contributed by atoms with Crippen LogP contribution in [0.25, 0.3) is 0 Å². The molecular formula is C25H46N4O4. The number of carbonyl (C=O) groups excluding carboxylic acids is 4. The molecule has 0 N–H and O–H groups in total. The second kappa shape index (κ2) is 17.9. The first-order valence-corrected chi connectivity index (χ1v) is 11.8. The lowest BCUT2D eigenvalue weighted by Gasteiger charge is -2.31. The van der Waals surface area contributed by atoms with Gasteiger partial charge in [0.15, 0.2) is 0 Å². The quantitative estimate of drug-likeness (QED) is 0.439. The Morgan fingerprint density at radius 1 is 0.667 bits per heavy atom. The fourth-order valence-electron chi connectivity index (χ4n) is 3.32. The van der Waals surface area contributed by atoms with Gasteiger partial charge in [-0.1, -0.05) is 32.9 Å². The minimum atomic E-state index is -0.358. The molecule has 0 saturated carbocycles. The van der Waals surface area contributed by atoms with Crippen molar-refractivity contribution in [1.82, 2.24) is 19.6 Å². The molecule has 0 aliphatic rings. The Morgan fingerprint density at radius 3 is 1.30 bits per heavy atom. The van der Waals surface area contributed by atoms with E-state index in [0.29, 0.717) is 25.9 Å². The van der Waals surface area contributed by atoms with Crippen LogP contribution < -0.4 is 0 Å². The second-order valence-electron chi connectivity index (χ2n) is 7.97. The molecular weight excluding hydrogens is 420 g/mol. The van der Waals surface area contributed by atoms with Gasteiger partial charge in [-0.3, -0.25) is 19.2 Å². The first-order valence-electron chi connectivity index (χ1n) is 11.8. The van der Waals surface area contributed by atoms with Gasteiger partial charge in [0.05, 0.1) is 0 Å². The van der Waals surface area contributed by atoms with E-state index in [0.717, 1.165) is 6.42 Å². The van der Waals surface area contributed by atoms with Crippen LogP contribution in [0.4, 0.5) is 0 Å². The van der Waals surface area contributed by atoms with Crippen molar-refractivity contribution in [2.75, 3.05) is 41.3 Å². The molecule has 0 spiro atoms. The maximum Gasteiger partial charge on any atom is 0.246 e. The third-order valence-electron chi connectivity index (χ3n) is 4.97. The van der Waals surface area contributed by atoms with Crippen LogP contribution in [0.1, 0.15) is 60.8 Å². The predicted molar refractivity (Wildman–Crippen MR) is 135 cm³/mol. The van der Waals surface area contributed by atoms with Gasteiger partial charge in [0.25, 0.3) is 0 Å². The second-order valence-corrected chi connectivity index (χ2v) is 7.97. The number of allylic oxidation sites excluding steroid dienone is 2. The number of hydrogen-bond donors (Lipinski definition) is 0. The van der Waals surface area contributed by atoms with Crippen molar-refractivity contribution in [1.29, 1.82) is 0 Å². The lowest BCUT2D eigenvalue weighted by atomic mass is 10.1. The zero-order valence-electron chi connectivity index (χ0n) is 22.4. The number of carbonyl (C=O) groups is 4. The molecule has 0 rings (SSSR count). The van der Waals surface area contributed by atoms with Crippen molar-refractivity contribution in [2.24, 2.45) is 0 Å². The molecule has 0 saturated heterocycles. The Bertz CT molecular complexity index is 671. The average molecular weight is 467 g/mol. The fourth-order valence-corrected chi connectivity index (χ4v) is 3.32. The van der Waals surface area contributed by atoms with Crippen LogP contribution in [0.15, 0.2) is 24.3 Å². The van der Waals surface area contributed by atoms with Crippen molar-refractivity contribution in [2.45, 2.75) is 72.9 Å². The molecule has 0 fully saturated rings. The van der Waals surface area contributed by atoms with Gasteiger partial charge in [0.1, 0.15) is 12.1 Å². The Hall–Kier alpha value is -2.64. The van der Waals surface area contributed by atoms with Crippen LogP contribution in [0.3, 0.4) is 0 Å². The van der Waals surface area contributed by atoms with Crippen LogP contribution in [-0.2, 0) is 19.2 Å². The summed E-state index contributed by atoms with van der Waals surface area (Å²) in [6, 6.07) is -0.711. The number of amides is 4. The summed E-state index contributed by atoms with van der Waals surface area (Å²) in [6.07, 6.45) is 8.53. The highest BCUT2D eigenvalue weighted by Crippen LogP contribution is 2.10. The lowest BCUT2D eigenvalue weighted by molar-refractivity contribution is -0.142. The molecule has 0 aliphatic carbocycles. The Morgan fingerprint density at radius 2 is 1.03 bits per heavy atom. The monoisotopic (exact) mass is 466 g/mol. The van der Waals surface area contributed by atoms with E-state index >= 15 is 0 Å². The molecule has 4 amide bonds. The number of hydrogen-bond acceptors (Lipinski definition) is 4. The van der Waals surface area contributed by atoms with Crippen molar-refractivity contribution < 1.29 is 19.2 Å². The Labute approximate surface area is 201 Å². The third-order valence-corrected chi connectivity index (χ3v) is 4.97. The van der Waals surface area contributed by atoms with Crippen LogP contribution >= 0.6 is 0 Å². The standard InChI is InChI=1S/C13H24N2O2.C12H22N2O2/c1-6-9-12(16)15(10-7-2)11(8-3)13(17)14(4)5;1-6-9-11(15)14(8-3)10(7-2)12(16)13(4)5/h6,9,11H,7-8,10H2,1-5H3;6,9-10H,7-8H2,1-5H3/b;9-6-. The van der Waals surface area contributed by atoms with E-state index < -0.39 is 0 Å². The molecule has 0 heterocycles. The molecule has 2 unspecified atom stereocenters. The Balaban J connectivity index is 0. The minimum absolute atomic E-state index is 0.0150. The normalized spacial score (nSPS) is 12.5. The Kier molecular flexibility index (Phi) is 17.6. The molecule has 0 radical (unpaired) electrons. The topological polar surface area (TPSA) is 81.2 Å². The number of nitrogens with zero attached hydrogens (tertiary/aromatic N) is 4. The molecule has 0 aromatic rings. The third kappa shape index (κ3) is 11.2. The van der Waals surface area contributed by atoms with Gasteiger partial charge in [-0.25, -0.2) is 0 Å². The van der Waals surface area contributed by atoms with Gasteiger partial charge in [0, 0.05) is 41.3 Å². The van der Waals surface area contributed by atoms with Gasteiger partial charge in [-0.2, -0.15) is 0 Å². The zero-order valence-corrected chi connectivity index (χ0v) is 22.4. The first kappa shape index (κ1) is 32.5. The highest BCUT2D eigenvalue weighted by molar-refractivity contribution is 5.93. The molecule has 8 nitrogen and oxygen atoms in total. The van der Waals surface area contributed by atoms with Crippen LogP contribution in [0.2, 0.25) is 0 Å². The molecule has 8 heteroatoms. The first-order chi connectivity index (χ1) is 15.5. The number of rotatable bonds is 11. The number of likely N-dealkylation sites (N-methyl/N-ethyl adjacent to an activating group) is 3. The van der Waals surface area contributed by atoms with Crippen LogP contribution in [0, 0.1) is 0 Å². The predicted octanol–water partition coefficient (Wildman–Crippen LogP) is 2.95. The smallest absolute Gasteiger partial charge is 0.246 e. The van der Waals surface area contributed by atoms with E-state index in [2.05, 4.69) is 0 Å². The van der Waals surface area contributed by atoms with Gasteiger partial charge in [-0.05, 0) is 52.2 Å². The molecule has 33 heavy (non-hydrogen) atoms. The van der Waals surface area contributed by atoms with Crippen molar-refractivity contribution in [3.63, 3.8) is 0 Å². The minimum Gasteiger partial charge on any atom is -0.347 e. The molecule has 0 aromatic carbocycles. The van der Waals surface area contributed by atoms with E-state index in [-0.39, 0.29) is 35.7 Å². The van der Waals surface area contributed by atoms with E-state index in [1.165, 1.54) is 17.1 Å². The van der Waals surface area contributed by atoms with Crippen molar-refractivity contribution in [3.8, 4) is 0 Å². The van der Waals surface area contributed by atoms with Crippen LogP contribution in [-0.4, -0.2) is 96.6 Å². The highest BCUT2D eigenvalue weighted by atomic mass is 16.2. The SMILES string of the molecule is C/C=C\C(=O)N(CC)C(CC)C(=O)N(C)C.CC=CC(=O)N(CCC)C(CC)C(=O)N(C)C. The molecule has 190 valence electrons. The summed E-state index contributed by atoms with van der Waals surface area (Å²) in [7, 11) is 6.85. The van der Waals surface area contributed by atoms with Gasteiger partial charge >= 0.3 is 0 Å². The van der Waals surface area contributed by atoms with Crippen LogP contribution in [0.5, 0.6) is 0 Å². The average Bonchev–Trinajstić information content (AvgIpc) is 2.77. The maximum atomic E-state index is 12.0. The summed E-state index contributed by atoms with van der Waals surface area (Å²) < 4.78 is 0. The maximum absolute atomic E-state index is 12.0. The summed E-state index contributed by atoms with van der Waals surface area (Å²) in [6.45, 7) is 12.5. The summed E-state index contributed by atoms with van der Waals surface area (Å²) in [4.78, 5) is 53.9. The van der Waals surface area contributed by atoms with Gasteiger partial charge < -0.3 is 19.6 Å². The molecule has 0 aromatic heterocycles.